The highest BCUT2D eigenvalue weighted by atomic mass is 16.5. The largest absolute Gasteiger partial charge is 0.628 e. The van der Waals surface area contributed by atoms with Gasteiger partial charge in [-0.2, -0.15) is 0 Å². The van der Waals surface area contributed by atoms with Crippen LogP contribution in [0.1, 0.15) is 39.0 Å². The van der Waals surface area contributed by atoms with Gasteiger partial charge in [-0.3, -0.25) is 0 Å². The number of hydrogen-bond acceptors (Lipinski definition) is 1. The summed E-state index contributed by atoms with van der Waals surface area (Å²) in [6.07, 6.45) is 9.81. The molecule has 2 nitrogen and oxygen atoms in total. The van der Waals surface area contributed by atoms with Crippen molar-refractivity contribution < 1.29 is 4.65 Å². The molecule has 0 saturated heterocycles. The lowest BCUT2D eigenvalue weighted by atomic mass is 10.1. The van der Waals surface area contributed by atoms with Gasteiger partial charge in [-0.25, -0.2) is 0 Å². The highest BCUT2D eigenvalue weighted by molar-refractivity contribution is 4.73. The van der Waals surface area contributed by atoms with E-state index in [-0.39, 0.29) is 4.65 Å². The van der Waals surface area contributed by atoms with Gasteiger partial charge in [-0.1, -0.05) is 26.2 Å². The van der Waals surface area contributed by atoms with Crippen LogP contribution in [0.3, 0.4) is 0 Å². The lowest BCUT2D eigenvalue weighted by Gasteiger charge is -2.28. The summed E-state index contributed by atoms with van der Waals surface area (Å²) in [5.74, 6) is 0. The van der Waals surface area contributed by atoms with E-state index in [1.807, 2.05) is 6.08 Å². The molecule has 0 bridgehead atoms. The van der Waals surface area contributed by atoms with Crippen molar-refractivity contribution in [2.24, 2.45) is 0 Å². The molecule has 72 valence electrons. The van der Waals surface area contributed by atoms with Crippen molar-refractivity contribution in [3.8, 4) is 0 Å². The maximum atomic E-state index is 11.0. The van der Waals surface area contributed by atoms with Crippen molar-refractivity contribution in [3.05, 3.63) is 17.5 Å². The zero-order valence-electron chi connectivity index (χ0n) is 8.55. The number of nitrogens with zero attached hydrogens (tertiary/aromatic N) is 1. The quantitative estimate of drug-likeness (QED) is 0.342. The molecular weight excluding hydrogens is 150 g/mol. The Labute approximate surface area is 76.1 Å². The standard InChI is InChI=1S/C10H21NO/c1-4-5-6-7-8-9-10-11(2,3)12/h9-10H,4-8H2,1-3H3. The molecule has 0 aliphatic rings. The van der Waals surface area contributed by atoms with Gasteiger partial charge in [-0.15, -0.1) is 0 Å². The van der Waals surface area contributed by atoms with Crippen LogP contribution in [0.4, 0.5) is 0 Å². The van der Waals surface area contributed by atoms with Gasteiger partial charge in [0.05, 0.1) is 20.3 Å². The van der Waals surface area contributed by atoms with Gasteiger partial charge in [0.25, 0.3) is 0 Å². The Morgan fingerprint density at radius 1 is 1.17 bits per heavy atom. The monoisotopic (exact) mass is 171 g/mol. The maximum absolute atomic E-state index is 11.0. The zero-order chi connectivity index (χ0) is 9.45. The zero-order valence-corrected chi connectivity index (χ0v) is 8.55. The Kier molecular flexibility index (Phi) is 6.03. The van der Waals surface area contributed by atoms with Crippen molar-refractivity contribution in [1.29, 1.82) is 0 Å². The van der Waals surface area contributed by atoms with Crippen molar-refractivity contribution in [2.75, 3.05) is 14.1 Å². The molecule has 0 spiro atoms. The summed E-state index contributed by atoms with van der Waals surface area (Å²) in [5, 5.41) is 11.0. The first kappa shape index (κ1) is 11.7. The Balaban J connectivity index is 3.25. The summed E-state index contributed by atoms with van der Waals surface area (Å²) in [6.45, 7) is 2.20. The van der Waals surface area contributed by atoms with Crippen LogP contribution in [0.5, 0.6) is 0 Å². The third-order valence-corrected chi connectivity index (χ3v) is 1.69. The van der Waals surface area contributed by atoms with Crippen LogP contribution in [0.25, 0.3) is 0 Å². The summed E-state index contributed by atoms with van der Waals surface area (Å²) < 4.78 is -0.312. The molecule has 0 rings (SSSR count). The van der Waals surface area contributed by atoms with E-state index in [0.29, 0.717) is 0 Å². The molecule has 0 aliphatic carbocycles. The second-order valence-electron chi connectivity index (χ2n) is 3.67. The molecule has 0 aromatic heterocycles. The third kappa shape index (κ3) is 9.66. The maximum Gasteiger partial charge on any atom is 0.0913 e. The predicted octanol–water partition coefficient (Wildman–Crippen LogP) is 3.04. The number of allylic oxidation sites excluding steroid dienone is 1. The Bertz CT molecular complexity index is 124. The Hall–Kier alpha value is -0.340. The molecule has 0 saturated carbocycles. The van der Waals surface area contributed by atoms with Crippen LogP contribution >= 0.6 is 0 Å². The molecule has 0 radical (unpaired) electrons. The van der Waals surface area contributed by atoms with E-state index < -0.39 is 0 Å². The second kappa shape index (κ2) is 6.21. The van der Waals surface area contributed by atoms with Gasteiger partial charge in [0, 0.05) is 0 Å². The van der Waals surface area contributed by atoms with E-state index in [9.17, 15) is 5.21 Å². The summed E-state index contributed by atoms with van der Waals surface area (Å²) >= 11 is 0. The van der Waals surface area contributed by atoms with Crippen LogP contribution in [0.15, 0.2) is 12.3 Å². The van der Waals surface area contributed by atoms with Crippen LogP contribution in [-0.4, -0.2) is 18.7 Å². The average molecular weight is 171 g/mol. The fraction of sp³-hybridized carbons (Fsp3) is 0.800. The lowest BCUT2D eigenvalue weighted by molar-refractivity contribution is -0.785. The molecule has 0 heterocycles. The van der Waals surface area contributed by atoms with Crippen LogP contribution in [0.2, 0.25) is 0 Å². The van der Waals surface area contributed by atoms with Crippen LogP contribution in [0, 0.1) is 5.21 Å². The number of hydroxylamine groups is 3. The molecule has 0 unspecified atom stereocenters. The topological polar surface area (TPSA) is 23.1 Å². The van der Waals surface area contributed by atoms with E-state index in [4.69, 9.17) is 0 Å². The van der Waals surface area contributed by atoms with Crippen molar-refractivity contribution >= 4 is 0 Å². The summed E-state index contributed by atoms with van der Waals surface area (Å²) in [4.78, 5) is 0. The highest BCUT2D eigenvalue weighted by Gasteiger charge is 1.92. The van der Waals surface area contributed by atoms with Gasteiger partial charge < -0.3 is 9.85 Å². The van der Waals surface area contributed by atoms with Crippen molar-refractivity contribution in [2.45, 2.75) is 39.0 Å². The van der Waals surface area contributed by atoms with Crippen molar-refractivity contribution in [1.82, 2.24) is 0 Å². The first-order chi connectivity index (χ1) is 5.56. The smallest absolute Gasteiger partial charge is 0.0913 e. The van der Waals surface area contributed by atoms with E-state index in [1.54, 1.807) is 20.3 Å². The molecule has 0 aliphatic heterocycles. The number of quaternary nitrogens is 1. The number of unbranched alkanes of at least 4 members (excludes halogenated alkanes) is 4. The van der Waals surface area contributed by atoms with Gasteiger partial charge in [-0.05, 0) is 18.9 Å². The van der Waals surface area contributed by atoms with Gasteiger partial charge in [0.15, 0.2) is 0 Å². The number of hydrogen-bond donors (Lipinski definition) is 0. The van der Waals surface area contributed by atoms with E-state index in [0.717, 1.165) is 6.42 Å². The molecule has 0 fully saturated rings. The predicted molar refractivity (Wildman–Crippen MR) is 53.4 cm³/mol. The van der Waals surface area contributed by atoms with Gasteiger partial charge in [0.1, 0.15) is 0 Å². The minimum absolute atomic E-state index is 0.312. The van der Waals surface area contributed by atoms with E-state index >= 15 is 0 Å². The minimum Gasteiger partial charge on any atom is -0.628 e. The fourth-order valence-electron chi connectivity index (χ4n) is 1.02. The van der Waals surface area contributed by atoms with Gasteiger partial charge >= 0.3 is 0 Å². The molecule has 0 aromatic rings. The van der Waals surface area contributed by atoms with Gasteiger partial charge in [0.2, 0.25) is 0 Å². The molecule has 12 heavy (non-hydrogen) atoms. The summed E-state index contributed by atoms with van der Waals surface area (Å²) in [6, 6.07) is 0. The first-order valence-corrected chi connectivity index (χ1v) is 4.78. The first-order valence-electron chi connectivity index (χ1n) is 4.78. The summed E-state index contributed by atoms with van der Waals surface area (Å²) in [5.41, 5.74) is 0. The second-order valence-corrected chi connectivity index (χ2v) is 3.67. The SMILES string of the molecule is CCCCCCC=C[N+](C)(C)[O-]. The lowest BCUT2D eigenvalue weighted by Crippen LogP contribution is -2.23. The third-order valence-electron chi connectivity index (χ3n) is 1.69. The molecule has 0 aromatic carbocycles. The molecule has 0 amide bonds. The van der Waals surface area contributed by atoms with Crippen LogP contribution in [-0.2, 0) is 0 Å². The molecular formula is C10H21NO. The summed E-state index contributed by atoms with van der Waals surface area (Å²) in [7, 11) is 3.26. The van der Waals surface area contributed by atoms with Crippen molar-refractivity contribution in [3.63, 3.8) is 0 Å². The Morgan fingerprint density at radius 3 is 2.33 bits per heavy atom. The normalized spacial score (nSPS) is 12.7. The Morgan fingerprint density at radius 2 is 1.83 bits per heavy atom. The molecule has 2 heteroatoms. The van der Waals surface area contributed by atoms with Crippen LogP contribution < -0.4 is 0 Å². The minimum atomic E-state index is -0.312. The number of rotatable bonds is 6. The fourth-order valence-corrected chi connectivity index (χ4v) is 1.02. The highest BCUT2D eigenvalue weighted by Crippen LogP contribution is 2.04. The molecule has 0 N–H and O–H groups in total. The van der Waals surface area contributed by atoms with E-state index in [2.05, 4.69) is 6.92 Å². The average Bonchev–Trinajstić information content (AvgIpc) is 1.94. The van der Waals surface area contributed by atoms with E-state index in [1.165, 1.54) is 25.7 Å². The molecule has 0 atom stereocenters.